The highest BCUT2D eigenvalue weighted by molar-refractivity contribution is 5.95. The summed E-state index contributed by atoms with van der Waals surface area (Å²) in [6, 6.07) is 8.01. The topological polar surface area (TPSA) is 84.9 Å². The summed E-state index contributed by atoms with van der Waals surface area (Å²) in [7, 11) is 0. The molecule has 1 fully saturated rings. The SMILES string of the molecule is CC(C(=O)NCC(=O)Nc1ccc(F)c(F)c1F)N1CCN(c2ccc(O)cc2)CC1. The smallest absolute Gasteiger partial charge is 0.243 e. The number of phenolic OH excluding ortho intramolecular Hbond substituents is 1. The van der Waals surface area contributed by atoms with Crippen molar-refractivity contribution in [1.29, 1.82) is 0 Å². The van der Waals surface area contributed by atoms with Gasteiger partial charge in [0, 0.05) is 31.9 Å². The monoisotopic (exact) mass is 436 g/mol. The summed E-state index contributed by atoms with van der Waals surface area (Å²) in [5, 5.41) is 14.0. The summed E-state index contributed by atoms with van der Waals surface area (Å²) in [4.78, 5) is 28.5. The van der Waals surface area contributed by atoms with Crippen LogP contribution in [0.2, 0.25) is 0 Å². The number of halogens is 3. The summed E-state index contributed by atoms with van der Waals surface area (Å²) in [6.07, 6.45) is 0. The average Bonchev–Trinajstić information content (AvgIpc) is 2.78. The van der Waals surface area contributed by atoms with Gasteiger partial charge in [-0.05, 0) is 43.3 Å². The van der Waals surface area contributed by atoms with Crippen LogP contribution >= 0.6 is 0 Å². The minimum atomic E-state index is -1.68. The summed E-state index contributed by atoms with van der Waals surface area (Å²) in [5.41, 5.74) is 0.479. The molecule has 166 valence electrons. The molecule has 2 aromatic carbocycles. The van der Waals surface area contributed by atoms with Crippen LogP contribution in [0, 0.1) is 17.5 Å². The van der Waals surface area contributed by atoms with E-state index in [1.807, 2.05) is 17.0 Å². The van der Waals surface area contributed by atoms with Crippen LogP contribution in [0.4, 0.5) is 24.5 Å². The van der Waals surface area contributed by atoms with Crippen LogP contribution in [0.1, 0.15) is 6.92 Å². The van der Waals surface area contributed by atoms with E-state index in [-0.39, 0.29) is 11.7 Å². The van der Waals surface area contributed by atoms with E-state index in [1.165, 1.54) is 0 Å². The predicted molar refractivity (Wildman–Crippen MR) is 109 cm³/mol. The largest absolute Gasteiger partial charge is 0.508 e. The highest BCUT2D eigenvalue weighted by atomic mass is 19.2. The van der Waals surface area contributed by atoms with Gasteiger partial charge in [-0.25, -0.2) is 13.2 Å². The predicted octanol–water partition coefficient (Wildman–Crippen LogP) is 2.07. The standard InChI is InChI=1S/C21H23F3N4O3/c1-13(27-8-10-28(11-9-27)14-2-4-15(29)5-3-14)21(31)25-12-18(30)26-17-7-6-16(22)19(23)20(17)24/h2-7,13,29H,8-12H2,1H3,(H,25,31)(H,26,30). The normalized spacial score (nSPS) is 15.4. The van der Waals surface area contributed by atoms with Crippen LogP contribution in [-0.2, 0) is 9.59 Å². The van der Waals surface area contributed by atoms with Gasteiger partial charge in [0.2, 0.25) is 11.8 Å². The van der Waals surface area contributed by atoms with E-state index in [0.717, 1.165) is 11.8 Å². The van der Waals surface area contributed by atoms with Gasteiger partial charge in [-0.15, -0.1) is 0 Å². The van der Waals surface area contributed by atoms with Crippen LogP contribution in [0.5, 0.6) is 5.75 Å². The second kappa shape index (κ2) is 9.69. The molecule has 2 amide bonds. The van der Waals surface area contributed by atoms with Crippen molar-refractivity contribution >= 4 is 23.2 Å². The van der Waals surface area contributed by atoms with Gasteiger partial charge < -0.3 is 20.6 Å². The summed E-state index contributed by atoms with van der Waals surface area (Å²) >= 11 is 0. The van der Waals surface area contributed by atoms with Gasteiger partial charge in [0.1, 0.15) is 5.75 Å². The molecule has 7 nitrogen and oxygen atoms in total. The number of hydrogen-bond donors (Lipinski definition) is 3. The molecule has 31 heavy (non-hydrogen) atoms. The Morgan fingerprint density at radius 3 is 2.29 bits per heavy atom. The minimum Gasteiger partial charge on any atom is -0.508 e. The van der Waals surface area contributed by atoms with E-state index in [9.17, 15) is 27.9 Å². The number of carbonyl (C=O) groups excluding carboxylic acids is 2. The van der Waals surface area contributed by atoms with Crippen molar-refractivity contribution in [2.45, 2.75) is 13.0 Å². The van der Waals surface area contributed by atoms with Crippen molar-refractivity contribution in [2.24, 2.45) is 0 Å². The van der Waals surface area contributed by atoms with Gasteiger partial charge in [0.05, 0.1) is 18.3 Å². The summed E-state index contributed by atoms with van der Waals surface area (Å²) in [5.74, 6) is -5.48. The zero-order chi connectivity index (χ0) is 22.5. The number of aromatic hydroxyl groups is 1. The molecule has 0 radical (unpaired) electrons. The second-order valence-corrected chi connectivity index (χ2v) is 7.20. The van der Waals surface area contributed by atoms with Gasteiger partial charge in [0.25, 0.3) is 0 Å². The molecule has 1 heterocycles. The first-order chi connectivity index (χ1) is 14.8. The lowest BCUT2D eigenvalue weighted by molar-refractivity contribution is -0.128. The number of anilines is 2. The fourth-order valence-corrected chi connectivity index (χ4v) is 3.33. The van der Waals surface area contributed by atoms with Crippen LogP contribution in [0.25, 0.3) is 0 Å². The molecule has 1 saturated heterocycles. The quantitative estimate of drug-likeness (QED) is 0.604. The fourth-order valence-electron chi connectivity index (χ4n) is 3.33. The first-order valence-electron chi connectivity index (χ1n) is 9.75. The summed E-state index contributed by atoms with van der Waals surface area (Å²) in [6.45, 7) is 3.92. The Morgan fingerprint density at radius 1 is 1.00 bits per heavy atom. The zero-order valence-electron chi connectivity index (χ0n) is 16.9. The average molecular weight is 436 g/mol. The molecule has 0 aliphatic carbocycles. The lowest BCUT2D eigenvalue weighted by Gasteiger charge is -2.38. The minimum absolute atomic E-state index is 0.198. The van der Waals surface area contributed by atoms with Crippen LogP contribution in [0.15, 0.2) is 36.4 Å². The molecule has 1 aliphatic rings. The van der Waals surface area contributed by atoms with E-state index in [0.29, 0.717) is 32.2 Å². The van der Waals surface area contributed by atoms with E-state index >= 15 is 0 Å². The van der Waals surface area contributed by atoms with E-state index in [1.54, 1.807) is 19.1 Å². The highest BCUT2D eigenvalue weighted by Crippen LogP contribution is 2.21. The molecule has 1 aliphatic heterocycles. The van der Waals surface area contributed by atoms with Gasteiger partial charge in [-0.1, -0.05) is 0 Å². The van der Waals surface area contributed by atoms with E-state index < -0.39 is 41.6 Å². The lowest BCUT2D eigenvalue weighted by Crippen LogP contribution is -2.54. The first kappa shape index (κ1) is 22.4. The molecule has 0 aromatic heterocycles. The van der Waals surface area contributed by atoms with Gasteiger partial charge in [-0.2, -0.15) is 0 Å². The Kier molecular flexibility index (Phi) is 7.01. The van der Waals surface area contributed by atoms with Crippen molar-refractivity contribution < 1.29 is 27.9 Å². The Morgan fingerprint density at radius 2 is 1.65 bits per heavy atom. The summed E-state index contributed by atoms with van der Waals surface area (Å²) < 4.78 is 39.8. The second-order valence-electron chi connectivity index (χ2n) is 7.20. The third-order valence-electron chi connectivity index (χ3n) is 5.19. The highest BCUT2D eigenvalue weighted by Gasteiger charge is 2.26. The molecule has 3 N–H and O–H groups in total. The van der Waals surface area contributed by atoms with Crippen molar-refractivity contribution in [3.8, 4) is 5.75 Å². The molecule has 2 aromatic rings. The molecule has 10 heteroatoms. The third-order valence-corrected chi connectivity index (χ3v) is 5.19. The third kappa shape index (κ3) is 5.46. The zero-order valence-corrected chi connectivity index (χ0v) is 16.9. The number of carbonyl (C=O) groups is 2. The number of rotatable bonds is 6. The van der Waals surface area contributed by atoms with Gasteiger partial charge >= 0.3 is 0 Å². The first-order valence-corrected chi connectivity index (χ1v) is 9.75. The van der Waals surface area contributed by atoms with Crippen LogP contribution < -0.4 is 15.5 Å². The molecular formula is C21H23F3N4O3. The maximum absolute atomic E-state index is 13.6. The Labute approximate surface area is 177 Å². The van der Waals surface area contributed by atoms with Gasteiger partial charge in [-0.3, -0.25) is 14.5 Å². The molecule has 1 unspecified atom stereocenters. The van der Waals surface area contributed by atoms with Crippen molar-refractivity contribution in [3.05, 3.63) is 53.8 Å². The van der Waals surface area contributed by atoms with Crippen LogP contribution in [0.3, 0.4) is 0 Å². The Balaban J connectivity index is 1.46. The number of hydrogen-bond acceptors (Lipinski definition) is 5. The number of benzene rings is 2. The molecule has 3 rings (SSSR count). The molecule has 0 saturated carbocycles. The van der Waals surface area contributed by atoms with Gasteiger partial charge in [0.15, 0.2) is 17.5 Å². The lowest BCUT2D eigenvalue weighted by atomic mass is 10.2. The van der Waals surface area contributed by atoms with E-state index in [2.05, 4.69) is 15.5 Å². The Hall–Kier alpha value is -3.27. The maximum atomic E-state index is 13.6. The maximum Gasteiger partial charge on any atom is 0.243 e. The molecular weight excluding hydrogens is 413 g/mol. The number of piperazine rings is 1. The number of nitrogens with zero attached hydrogens (tertiary/aromatic N) is 2. The molecule has 0 bridgehead atoms. The number of amides is 2. The van der Waals surface area contributed by atoms with E-state index in [4.69, 9.17) is 0 Å². The number of phenols is 1. The Bertz CT molecular complexity index is 948. The fraction of sp³-hybridized carbons (Fsp3) is 0.333. The number of nitrogens with one attached hydrogen (secondary N) is 2. The van der Waals surface area contributed by atoms with Crippen molar-refractivity contribution in [1.82, 2.24) is 10.2 Å². The molecule has 1 atom stereocenters. The molecule has 0 spiro atoms. The van der Waals surface area contributed by atoms with Crippen molar-refractivity contribution in [3.63, 3.8) is 0 Å². The van der Waals surface area contributed by atoms with Crippen molar-refractivity contribution in [2.75, 3.05) is 42.9 Å². The van der Waals surface area contributed by atoms with Crippen LogP contribution in [-0.4, -0.2) is 60.6 Å².